The van der Waals surface area contributed by atoms with Gasteiger partial charge in [-0.1, -0.05) is 25.1 Å². The molecule has 0 amide bonds. The number of methoxy groups -OCH3 is 1. The summed E-state index contributed by atoms with van der Waals surface area (Å²) in [5.74, 6) is 2.01. The molecule has 0 aromatic heterocycles. The van der Waals surface area contributed by atoms with E-state index in [0.717, 1.165) is 18.3 Å². The van der Waals surface area contributed by atoms with E-state index in [9.17, 15) is 4.79 Å². The number of aryl methyl sites for hydroxylation is 2. The summed E-state index contributed by atoms with van der Waals surface area (Å²) in [6.45, 7) is 4.03. The van der Waals surface area contributed by atoms with Crippen molar-refractivity contribution < 1.29 is 14.3 Å². The Morgan fingerprint density at radius 3 is 2.50 bits per heavy atom. The predicted molar refractivity (Wildman–Crippen MR) is 79.0 cm³/mol. The minimum absolute atomic E-state index is 0.592. The Hall–Kier alpha value is -2.29. The average Bonchev–Trinajstić information content (AvgIpc) is 2.49. The lowest BCUT2D eigenvalue weighted by Crippen LogP contribution is -1.94. The normalized spacial score (nSPS) is 10.2. The summed E-state index contributed by atoms with van der Waals surface area (Å²) in [5, 5.41) is 0. The minimum Gasteiger partial charge on any atom is -0.493 e. The first-order valence-electron chi connectivity index (χ1n) is 6.58. The molecule has 0 radical (unpaired) electrons. The highest BCUT2D eigenvalue weighted by molar-refractivity contribution is 5.76. The molecule has 0 fully saturated rings. The van der Waals surface area contributed by atoms with Crippen LogP contribution in [0.1, 0.15) is 28.4 Å². The van der Waals surface area contributed by atoms with E-state index in [-0.39, 0.29) is 0 Å². The Balaban J connectivity index is 2.36. The van der Waals surface area contributed by atoms with Crippen LogP contribution in [0.5, 0.6) is 17.2 Å². The molecule has 0 aliphatic carbocycles. The molecule has 0 aliphatic rings. The largest absolute Gasteiger partial charge is 0.493 e. The van der Waals surface area contributed by atoms with Gasteiger partial charge in [0.15, 0.2) is 11.5 Å². The van der Waals surface area contributed by atoms with Crippen LogP contribution in [0.15, 0.2) is 36.4 Å². The Kier molecular flexibility index (Phi) is 4.41. The molecule has 0 saturated carbocycles. The number of ether oxygens (including phenoxy) is 2. The van der Waals surface area contributed by atoms with Gasteiger partial charge < -0.3 is 9.47 Å². The van der Waals surface area contributed by atoms with Gasteiger partial charge in [0.2, 0.25) is 0 Å². The summed E-state index contributed by atoms with van der Waals surface area (Å²) in [5.41, 5.74) is 2.75. The van der Waals surface area contributed by atoms with Crippen molar-refractivity contribution in [1.82, 2.24) is 0 Å². The molecule has 2 aromatic carbocycles. The van der Waals surface area contributed by atoms with Crippen LogP contribution >= 0.6 is 0 Å². The number of hydrogen-bond donors (Lipinski definition) is 0. The van der Waals surface area contributed by atoms with Crippen molar-refractivity contribution >= 4 is 6.29 Å². The first-order chi connectivity index (χ1) is 9.67. The maximum absolute atomic E-state index is 10.8. The lowest BCUT2D eigenvalue weighted by Gasteiger charge is -2.13. The van der Waals surface area contributed by atoms with Gasteiger partial charge in [0, 0.05) is 5.56 Å². The number of carbonyl (C=O) groups excluding carboxylic acids is 1. The molecule has 3 heteroatoms. The predicted octanol–water partition coefficient (Wildman–Crippen LogP) is 4.17. The van der Waals surface area contributed by atoms with E-state index >= 15 is 0 Å². The summed E-state index contributed by atoms with van der Waals surface area (Å²) in [6.07, 6.45) is 1.75. The SMILES string of the molecule is CCc1ccc(Oc2cc(C=O)ccc2C)c(OC)c1. The fourth-order valence-electron chi connectivity index (χ4n) is 1.93. The summed E-state index contributed by atoms with van der Waals surface area (Å²) >= 11 is 0. The van der Waals surface area contributed by atoms with Gasteiger partial charge in [0.25, 0.3) is 0 Å². The quantitative estimate of drug-likeness (QED) is 0.765. The highest BCUT2D eigenvalue weighted by Gasteiger charge is 2.09. The van der Waals surface area contributed by atoms with Gasteiger partial charge in [-0.15, -0.1) is 0 Å². The molecule has 2 aromatic rings. The molecule has 0 N–H and O–H groups in total. The van der Waals surface area contributed by atoms with Gasteiger partial charge in [-0.05, 0) is 42.7 Å². The summed E-state index contributed by atoms with van der Waals surface area (Å²) in [6, 6.07) is 11.2. The minimum atomic E-state index is 0.592. The van der Waals surface area contributed by atoms with Crippen LogP contribution in [0, 0.1) is 6.92 Å². The topological polar surface area (TPSA) is 35.5 Å². The van der Waals surface area contributed by atoms with E-state index in [2.05, 4.69) is 6.92 Å². The van der Waals surface area contributed by atoms with Crippen LogP contribution < -0.4 is 9.47 Å². The van der Waals surface area contributed by atoms with Crippen LogP contribution in [-0.2, 0) is 6.42 Å². The third-order valence-corrected chi connectivity index (χ3v) is 3.20. The molecular formula is C17H18O3. The third-order valence-electron chi connectivity index (χ3n) is 3.20. The molecule has 0 atom stereocenters. The van der Waals surface area contributed by atoms with Gasteiger partial charge in [0.05, 0.1) is 7.11 Å². The first kappa shape index (κ1) is 14.1. The number of rotatable bonds is 5. The van der Waals surface area contributed by atoms with Crippen LogP contribution in [-0.4, -0.2) is 13.4 Å². The second-order valence-corrected chi connectivity index (χ2v) is 4.58. The zero-order valence-electron chi connectivity index (χ0n) is 12.0. The maximum atomic E-state index is 10.8. The van der Waals surface area contributed by atoms with Crippen molar-refractivity contribution in [3.63, 3.8) is 0 Å². The van der Waals surface area contributed by atoms with Gasteiger partial charge >= 0.3 is 0 Å². The Morgan fingerprint density at radius 2 is 1.85 bits per heavy atom. The number of carbonyl (C=O) groups is 1. The Labute approximate surface area is 119 Å². The van der Waals surface area contributed by atoms with Crippen LogP contribution in [0.2, 0.25) is 0 Å². The molecule has 0 unspecified atom stereocenters. The second kappa shape index (κ2) is 6.24. The van der Waals surface area contributed by atoms with Crippen molar-refractivity contribution in [3.05, 3.63) is 53.1 Å². The zero-order chi connectivity index (χ0) is 14.5. The molecule has 0 bridgehead atoms. The van der Waals surface area contributed by atoms with E-state index in [1.54, 1.807) is 19.2 Å². The van der Waals surface area contributed by atoms with E-state index in [1.165, 1.54) is 5.56 Å². The Bertz CT molecular complexity index is 618. The lowest BCUT2D eigenvalue weighted by molar-refractivity contribution is 0.112. The number of benzene rings is 2. The fraction of sp³-hybridized carbons (Fsp3) is 0.235. The summed E-state index contributed by atoms with van der Waals surface area (Å²) < 4.78 is 11.3. The van der Waals surface area contributed by atoms with E-state index in [1.807, 2.05) is 31.2 Å². The maximum Gasteiger partial charge on any atom is 0.169 e. The molecule has 0 heterocycles. The Morgan fingerprint density at radius 1 is 1.05 bits per heavy atom. The lowest BCUT2D eigenvalue weighted by atomic mass is 10.1. The highest BCUT2D eigenvalue weighted by Crippen LogP contribution is 2.34. The first-order valence-corrected chi connectivity index (χ1v) is 6.58. The van der Waals surface area contributed by atoms with Gasteiger partial charge in [-0.3, -0.25) is 4.79 Å². The standard InChI is InChI=1S/C17H18O3/c1-4-13-7-8-15(17(9-13)19-3)20-16-10-14(11-18)6-5-12(16)2/h5-11H,4H2,1-3H3. The highest BCUT2D eigenvalue weighted by atomic mass is 16.5. The molecule has 0 spiro atoms. The summed E-state index contributed by atoms with van der Waals surface area (Å²) in [4.78, 5) is 10.8. The van der Waals surface area contributed by atoms with Crippen molar-refractivity contribution in [2.75, 3.05) is 7.11 Å². The van der Waals surface area contributed by atoms with E-state index in [0.29, 0.717) is 22.8 Å². The smallest absolute Gasteiger partial charge is 0.169 e. The van der Waals surface area contributed by atoms with Crippen LogP contribution in [0.3, 0.4) is 0 Å². The molecule has 2 rings (SSSR count). The monoisotopic (exact) mass is 270 g/mol. The second-order valence-electron chi connectivity index (χ2n) is 4.58. The zero-order valence-corrected chi connectivity index (χ0v) is 12.0. The fourth-order valence-corrected chi connectivity index (χ4v) is 1.93. The third kappa shape index (κ3) is 2.99. The van der Waals surface area contributed by atoms with Crippen molar-refractivity contribution in [2.24, 2.45) is 0 Å². The van der Waals surface area contributed by atoms with Gasteiger partial charge in [-0.2, -0.15) is 0 Å². The van der Waals surface area contributed by atoms with E-state index in [4.69, 9.17) is 9.47 Å². The molecule has 0 saturated heterocycles. The van der Waals surface area contributed by atoms with Crippen LogP contribution in [0.4, 0.5) is 0 Å². The number of aldehydes is 1. The van der Waals surface area contributed by atoms with Crippen molar-refractivity contribution in [2.45, 2.75) is 20.3 Å². The van der Waals surface area contributed by atoms with Crippen molar-refractivity contribution in [1.29, 1.82) is 0 Å². The summed E-state index contributed by atoms with van der Waals surface area (Å²) in [7, 11) is 1.62. The van der Waals surface area contributed by atoms with Gasteiger partial charge in [0.1, 0.15) is 12.0 Å². The molecular weight excluding hydrogens is 252 g/mol. The van der Waals surface area contributed by atoms with Crippen LogP contribution in [0.25, 0.3) is 0 Å². The van der Waals surface area contributed by atoms with Crippen molar-refractivity contribution in [3.8, 4) is 17.2 Å². The average molecular weight is 270 g/mol. The molecule has 0 aliphatic heterocycles. The molecule has 104 valence electrons. The molecule has 3 nitrogen and oxygen atoms in total. The van der Waals surface area contributed by atoms with E-state index < -0.39 is 0 Å². The molecule has 20 heavy (non-hydrogen) atoms. The number of hydrogen-bond acceptors (Lipinski definition) is 3. The van der Waals surface area contributed by atoms with Gasteiger partial charge in [-0.25, -0.2) is 0 Å².